The van der Waals surface area contributed by atoms with Gasteiger partial charge in [-0.15, -0.1) is 0 Å². The second-order valence-electron chi connectivity index (χ2n) is 7.71. The smallest absolute Gasteiger partial charge is 0.244 e. The fraction of sp³-hybridized carbons (Fsp3) is 0.435. The van der Waals surface area contributed by atoms with Crippen LogP contribution < -0.4 is 9.62 Å². The lowest BCUT2D eigenvalue weighted by atomic mass is 10.1. The van der Waals surface area contributed by atoms with Crippen molar-refractivity contribution in [2.75, 3.05) is 10.6 Å². The summed E-state index contributed by atoms with van der Waals surface area (Å²) in [6.07, 6.45) is 3.18. The maximum absolute atomic E-state index is 13.0. The number of anilines is 1. The SMILES string of the molecule is CC[C@H](C(=O)N[C@H](C)CCc1ccccc1)N(c1cc(C)ccc1C)S(C)(=O)=O. The van der Waals surface area contributed by atoms with Crippen molar-refractivity contribution in [1.29, 1.82) is 0 Å². The normalized spacial score (nSPS) is 13.6. The third-order valence-electron chi connectivity index (χ3n) is 5.03. The van der Waals surface area contributed by atoms with E-state index in [1.54, 1.807) is 0 Å². The maximum Gasteiger partial charge on any atom is 0.244 e. The fourth-order valence-electron chi connectivity index (χ4n) is 3.43. The molecule has 0 aliphatic carbocycles. The van der Waals surface area contributed by atoms with E-state index in [4.69, 9.17) is 0 Å². The van der Waals surface area contributed by atoms with Gasteiger partial charge >= 0.3 is 0 Å². The third kappa shape index (κ3) is 6.32. The quantitative estimate of drug-likeness (QED) is 0.672. The van der Waals surface area contributed by atoms with Gasteiger partial charge in [-0.2, -0.15) is 0 Å². The zero-order valence-electron chi connectivity index (χ0n) is 18.0. The van der Waals surface area contributed by atoms with E-state index >= 15 is 0 Å². The number of nitrogens with one attached hydrogen (secondary N) is 1. The lowest BCUT2D eigenvalue weighted by molar-refractivity contribution is -0.122. The van der Waals surface area contributed by atoms with Crippen molar-refractivity contribution in [3.63, 3.8) is 0 Å². The molecule has 0 fully saturated rings. The first-order valence-electron chi connectivity index (χ1n) is 10.0. The van der Waals surface area contributed by atoms with Crippen LogP contribution in [0.25, 0.3) is 0 Å². The molecule has 0 saturated heterocycles. The molecule has 0 saturated carbocycles. The van der Waals surface area contributed by atoms with E-state index < -0.39 is 16.1 Å². The van der Waals surface area contributed by atoms with Gasteiger partial charge in [0.25, 0.3) is 0 Å². The molecule has 6 heteroatoms. The topological polar surface area (TPSA) is 66.5 Å². The number of aryl methyl sites for hydroxylation is 3. The molecule has 2 aromatic carbocycles. The van der Waals surface area contributed by atoms with Crippen LogP contribution in [0, 0.1) is 13.8 Å². The Hall–Kier alpha value is -2.34. The zero-order chi connectivity index (χ0) is 21.6. The van der Waals surface area contributed by atoms with E-state index in [0.29, 0.717) is 12.1 Å². The fourth-order valence-corrected chi connectivity index (χ4v) is 4.69. The van der Waals surface area contributed by atoms with E-state index in [9.17, 15) is 13.2 Å². The molecule has 0 radical (unpaired) electrons. The van der Waals surface area contributed by atoms with Crippen molar-refractivity contribution >= 4 is 21.6 Å². The number of nitrogens with zero attached hydrogens (tertiary/aromatic N) is 1. The Kier molecular flexibility index (Phi) is 7.85. The van der Waals surface area contributed by atoms with E-state index in [-0.39, 0.29) is 11.9 Å². The molecule has 158 valence electrons. The van der Waals surface area contributed by atoms with Crippen LogP contribution >= 0.6 is 0 Å². The van der Waals surface area contributed by atoms with Crippen molar-refractivity contribution in [2.24, 2.45) is 0 Å². The highest BCUT2D eigenvalue weighted by Crippen LogP contribution is 2.27. The Morgan fingerprint density at radius 3 is 2.34 bits per heavy atom. The van der Waals surface area contributed by atoms with Gasteiger partial charge in [-0.05, 0) is 62.8 Å². The Morgan fingerprint density at radius 2 is 1.76 bits per heavy atom. The molecule has 5 nitrogen and oxygen atoms in total. The predicted molar refractivity (Wildman–Crippen MR) is 120 cm³/mol. The summed E-state index contributed by atoms with van der Waals surface area (Å²) in [6, 6.07) is 14.9. The molecule has 0 aromatic heterocycles. The number of hydrogen-bond acceptors (Lipinski definition) is 3. The van der Waals surface area contributed by atoms with Gasteiger partial charge in [0.2, 0.25) is 15.9 Å². The summed E-state index contributed by atoms with van der Waals surface area (Å²) in [4.78, 5) is 13.0. The first kappa shape index (κ1) is 22.9. The van der Waals surface area contributed by atoms with Gasteiger partial charge in [0.05, 0.1) is 11.9 Å². The molecule has 0 aliphatic rings. The summed E-state index contributed by atoms with van der Waals surface area (Å²) in [5.74, 6) is -0.264. The van der Waals surface area contributed by atoms with Gasteiger partial charge in [0.1, 0.15) is 6.04 Å². The van der Waals surface area contributed by atoms with E-state index in [1.807, 2.05) is 64.1 Å². The molecule has 0 aliphatic heterocycles. The number of sulfonamides is 1. The predicted octanol–water partition coefficient (Wildman–Crippen LogP) is 3.99. The molecular formula is C23H32N2O3S. The standard InChI is InChI=1S/C23H32N2O3S/c1-6-21(23(26)24-19(4)14-15-20-10-8-7-9-11-20)25(29(5,27)28)22-16-17(2)12-13-18(22)3/h7-13,16,19,21H,6,14-15H2,1-5H3,(H,24,26)/t19-,21-/m1/s1. The summed E-state index contributed by atoms with van der Waals surface area (Å²) in [5.41, 5.74) is 3.55. The summed E-state index contributed by atoms with van der Waals surface area (Å²) in [5, 5.41) is 3.01. The summed E-state index contributed by atoms with van der Waals surface area (Å²) in [7, 11) is -3.63. The van der Waals surface area contributed by atoms with Gasteiger partial charge in [-0.25, -0.2) is 8.42 Å². The third-order valence-corrected chi connectivity index (χ3v) is 6.20. The minimum atomic E-state index is -3.63. The van der Waals surface area contributed by atoms with Crippen molar-refractivity contribution in [3.8, 4) is 0 Å². The molecule has 0 bridgehead atoms. The molecule has 0 unspecified atom stereocenters. The second kappa shape index (κ2) is 9.92. The van der Waals surface area contributed by atoms with Crippen molar-refractivity contribution in [1.82, 2.24) is 5.32 Å². The van der Waals surface area contributed by atoms with Crippen LogP contribution in [0.2, 0.25) is 0 Å². The molecule has 0 spiro atoms. The van der Waals surface area contributed by atoms with Crippen molar-refractivity contribution in [2.45, 2.75) is 59.0 Å². The van der Waals surface area contributed by atoms with Gasteiger partial charge in [-0.3, -0.25) is 9.10 Å². The highest BCUT2D eigenvalue weighted by Gasteiger charge is 2.32. The van der Waals surface area contributed by atoms with Crippen LogP contribution in [-0.2, 0) is 21.2 Å². The largest absolute Gasteiger partial charge is 0.352 e. The van der Waals surface area contributed by atoms with Crippen LogP contribution in [-0.4, -0.2) is 32.7 Å². The summed E-state index contributed by atoms with van der Waals surface area (Å²) >= 11 is 0. The highest BCUT2D eigenvalue weighted by molar-refractivity contribution is 7.92. The lowest BCUT2D eigenvalue weighted by Gasteiger charge is -2.32. The Morgan fingerprint density at radius 1 is 1.10 bits per heavy atom. The highest BCUT2D eigenvalue weighted by atomic mass is 32.2. The van der Waals surface area contributed by atoms with Crippen molar-refractivity contribution < 1.29 is 13.2 Å². The number of rotatable bonds is 9. The molecule has 1 N–H and O–H groups in total. The summed E-state index contributed by atoms with van der Waals surface area (Å²) in [6.45, 7) is 7.56. The zero-order valence-corrected chi connectivity index (χ0v) is 18.8. The minimum absolute atomic E-state index is 0.0585. The number of hydrogen-bond donors (Lipinski definition) is 1. The number of carbonyl (C=O) groups excluding carboxylic acids is 1. The van der Waals surface area contributed by atoms with Crippen molar-refractivity contribution in [3.05, 3.63) is 65.2 Å². The second-order valence-corrected chi connectivity index (χ2v) is 9.57. The van der Waals surface area contributed by atoms with E-state index in [2.05, 4.69) is 17.4 Å². The molecule has 29 heavy (non-hydrogen) atoms. The van der Waals surface area contributed by atoms with E-state index in [1.165, 1.54) is 9.87 Å². The maximum atomic E-state index is 13.0. The number of benzene rings is 2. The molecule has 0 heterocycles. The van der Waals surface area contributed by atoms with Crippen LogP contribution in [0.4, 0.5) is 5.69 Å². The number of amides is 1. The minimum Gasteiger partial charge on any atom is -0.352 e. The average molecular weight is 417 g/mol. The van der Waals surface area contributed by atoms with Gasteiger partial charge in [-0.1, -0.05) is 49.4 Å². The van der Waals surface area contributed by atoms with Gasteiger partial charge < -0.3 is 5.32 Å². The monoisotopic (exact) mass is 416 g/mol. The molecule has 2 atom stereocenters. The Bertz CT molecular complexity index is 926. The van der Waals surface area contributed by atoms with Crippen LogP contribution in [0.15, 0.2) is 48.5 Å². The first-order chi connectivity index (χ1) is 13.6. The average Bonchev–Trinajstić information content (AvgIpc) is 2.66. The van der Waals surface area contributed by atoms with Gasteiger partial charge in [0, 0.05) is 6.04 Å². The summed E-state index contributed by atoms with van der Waals surface area (Å²) < 4.78 is 26.6. The Labute approximate surface area is 175 Å². The van der Waals surface area contributed by atoms with Gasteiger partial charge in [0.15, 0.2) is 0 Å². The van der Waals surface area contributed by atoms with Crippen LogP contribution in [0.5, 0.6) is 0 Å². The molecular weight excluding hydrogens is 384 g/mol. The lowest BCUT2D eigenvalue weighted by Crippen LogP contribution is -2.51. The Balaban J connectivity index is 2.19. The molecule has 2 aromatic rings. The van der Waals surface area contributed by atoms with Crippen LogP contribution in [0.1, 0.15) is 43.4 Å². The first-order valence-corrected chi connectivity index (χ1v) is 11.9. The molecule has 1 amide bonds. The number of carbonyl (C=O) groups is 1. The van der Waals surface area contributed by atoms with E-state index in [0.717, 1.165) is 30.2 Å². The molecule has 2 rings (SSSR count). The van der Waals surface area contributed by atoms with Crippen LogP contribution in [0.3, 0.4) is 0 Å².